The van der Waals surface area contributed by atoms with E-state index in [1.165, 1.54) is 27.4 Å². The van der Waals surface area contributed by atoms with Crippen molar-refractivity contribution >= 4 is 14.6 Å². The summed E-state index contributed by atoms with van der Waals surface area (Å²) in [4.78, 5) is 11.9. The lowest BCUT2D eigenvalue weighted by Gasteiger charge is -2.38. The summed E-state index contributed by atoms with van der Waals surface area (Å²) < 4.78 is 16.0. The molecule has 1 atom stereocenters. The quantitative estimate of drug-likeness (QED) is 0.496. The summed E-state index contributed by atoms with van der Waals surface area (Å²) >= 11 is 0. The predicted molar refractivity (Wildman–Crippen MR) is 60.6 cm³/mol. The molecule has 0 aliphatic carbocycles. The molecule has 0 amide bonds. The van der Waals surface area contributed by atoms with Crippen molar-refractivity contribution in [3.8, 4) is 0 Å². The molecular formula is C10H20O4Si. The molecule has 0 saturated carbocycles. The third kappa shape index (κ3) is 2.20. The number of carbonyl (C=O) groups is 1. The van der Waals surface area contributed by atoms with E-state index in [4.69, 9.17) is 13.3 Å². The largest absolute Gasteiger partial charge is 0.514 e. The standard InChI is InChI=1S/C10H20O4Si/c1-7-9(11)10(3,8-2)15(12-4,13-5)14-6/h7H,1,8H2,2-6H3. The van der Waals surface area contributed by atoms with Crippen LogP contribution in [0.2, 0.25) is 5.04 Å². The highest BCUT2D eigenvalue weighted by molar-refractivity contribution is 6.69. The number of hydrogen-bond donors (Lipinski definition) is 0. The molecule has 4 nitrogen and oxygen atoms in total. The Morgan fingerprint density at radius 2 is 1.73 bits per heavy atom. The summed E-state index contributed by atoms with van der Waals surface area (Å²) in [5.41, 5.74) is 0. The molecule has 0 radical (unpaired) electrons. The van der Waals surface area contributed by atoms with Crippen LogP contribution in [-0.2, 0) is 18.1 Å². The van der Waals surface area contributed by atoms with Gasteiger partial charge in [-0.3, -0.25) is 4.79 Å². The Labute approximate surface area is 92.6 Å². The topological polar surface area (TPSA) is 44.8 Å². The highest BCUT2D eigenvalue weighted by atomic mass is 28.4. The highest BCUT2D eigenvalue weighted by Gasteiger charge is 2.59. The van der Waals surface area contributed by atoms with Crippen molar-refractivity contribution in [3.05, 3.63) is 12.7 Å². The fourth-order valence-corrected chi connectivity index (χ4v) is 4.38. The first kappa shape index (κ1) is 14.5. The summed E-state index contributed by atoms with van der Waals surface area (Å²) in [5, 5.41) is -0.771. The molecule has 0 fully saturated rings. The van der Waals surface area contributed by atoms with Crippen molar-refractivity contribution in [2.24, 2.45) is 0 Å². The van der Waals surface area contributed by atoms with Gasteiger partial charge in [-0.05, 0) is 19.4 Å². The van der Waals surface area contributed by atoms with Gasteiger partial charge >= 0.3 is 8.80 Å². The van der Waals surface area contributed by atoms with Gasteiger partial charge in [-0.25, -0.2) is 0 Å². The van der Waals surface area contributed by atoms with Crippen molar-refractivity contribution in [3.63, 3.8) is 0 Å². The second-order valence-electron chi connectivity index (χ2n) is 3.42. The van der Waals surface area contributed by atoms with E-state index in [0.29, 0.717) is 6.42 Å². The van der Waals surface area contributed by atoms with Gasteiger partial charge in [0.15, 0.2) is 5.78 Å². The minimum Gasteiger partial charge on any atom is -0.376 e. The summed E-state index contributed by atoms with van der Waals surface area (Å²) in [7, 11) is 1.53. The van der Waals surface area contributed by atoms with Crippen LogP contribution in [0.3, 0.4) is 0 Å². The van der Waals surface area contributed by atoms with Gasteiger partial charge in [-0.1, -0.05) is 13.5 Å². The lowest BCUT2D eigenvalue weighted by molar-refractivity contribution is -0.119. The van der Waals surface area contributed by atoms with Gasteiger partial charge in [-0.15, -0.1) is 0 Å². The summed E-state index contributed by atoms with van der Waals surface area (Å²) in [6, 6.07) is 0. The maximum atomic E-state index is 11.9. The molecule has 88 valence electrons. The van der Waals surface area contributed by atoms with Crippen LogP contribution < -0.4 is 0 Å². The smallest absolute Gasteiger partial charge is 0.376 e. The molecule has 0 aromatic rings. The van der Waals surface area contributed by atoms with Crippen LogP contribution in [0.1, 0.15) is 20.3 Å². The second-order valence-corrected chi connectivity index (χ2v) is 6.86. The van der Waals surface area contributed by atoms with Crippen molar-refractivity contribution in [2.75, 3.05) is 21.3 Å². The zero-order chi connectivity index (χ0) is 12.1. The number of ketones is 1. The SMILES string of the molecule is C=CC(=O)C(C)(CC)[Si](OC)(OC)OC. The van der Waals surface area contributed by atoms with E-state index in [0.717, 1.165) is 0 Å². The maximum Gasteiger partial charge on any atom is 0.514 e. The van der Waals surface area contributed by atoms with Crippen LogP contribution in [-0.4, -0.2) is 35.9 Å². The number of hydrogen-bond acceptors (Lipinski definition) is 4. The van der Waals surface area contributed by atoms with Crippen LogP contribution in [0.5, 0.6) is 0 Å². The first-order valence-electron chi connectivity index (χ1n) is 4.80. The average molecular weight is 232 g/mol. The third-order valence-corrected chi connectivity index (χ3v) is 6.48. The van der Waals surface area contributed by atoms with E-state index in [1.54, 1.807) is 6.92 Å². The Hall–Kier alpha value is -0.493. The Morgan fingerprint density at radius 1 is 1.33 bits per heavy atom. The molecule has 0 aliphatic rings. The fourth-order valence-electron chi connectivity index (χ4n) is 1.69. The van der Waals surface area contributed by atoms with Gasteiger partial charge in [0.05, 0.1) is 5.04 Å². The Morgan fingerprint density at radius 3 is 1.93 bits per heavy atom. The van der Waals surface area contributed by atoms with E-state index in [1.807, 2.05) is 6.92 Å². The van der Waals surface area contributed by atoms with Gasteiger partial charge in [0.2, 0.25) is 0 Å². The fraction of sp³-hybridized carbons (Fsp3) is 0.700. The molecule has 0 N–H and O–H groups in total. The molecular weight excluding hydrogens is 212 g/mol. The Balaban J connectivity index is 5.38. The zero-order valence-electron chi connectivity index (χ0n) is 10.1. The molecule has 15 heavy (non-hydrogen) atoms. The van der Waals surface area contributed by atoms with Crippen LogP contribution in [0.15, 0.2) is 12.7 Å². The lowest BCUT2D eigenvalue weighted by atomic mass is 10.0. The molecule has 1 unspecified atom stereocenters. The Kier molecular flexibility index (Phi) is 5.37. The zero-order valence-corrected chi connectivity index (χ0v) is 11.1. The van der Waals surface area contributed by atoms with Crippen LogP contribution >= 0.6 is 0 Å². The normalized spacial score (nSPS) is 15.8. The van der Waals surface area contributed by atoms with Gasteiger partial charge in [0, 0.05) is 21.3 Å². The number of carbonyl (C=O) groups excluding carboxylic acids is 1. The number of rotatable bonds is 7. The molecule has 0 aliphatic heterocycles. The van der Waals surface area contributed by atoms with E-state index in [-0.39, 0.29) is 5.78 Å². The Bertz CT molecular complexity index is 229. The third-order valence-electron chi connectivity index (χ3n) is 2.92. The van der Waals surface area contributed by atoms with E-state index >= 15 is 0 Å². The molecule has 0 heterocycles. The van der Waals surface area contributed by atoms with E-state index in [9.17, 15) is 4.79 Å². The summed E-state index contributed by atoms with van der Waals surface area (Å²) in [6.07, 6.45) is 1.88. The van der Waals surface area contributed by atoms with Crippen LogP contribution in [0, 0.1) is 0 Å². The van der Waals surface area contributed by atoms with E-state index < -0.39 is 13.8 Å². The number of allylic oxidation sites excluding steroid dienone is 1. The minimum atomic E-state index is -2.98. The van der Waals surface area contributed by atoms with Gasteiger partial charge in [-0.2, -0.15) is 0 Å². The lowest BCUT2D eigenvalue weighted by Crippen LogP contribution is -2.56. The first-order chi connectivity index (χ1) is 6.97. The molecule has 0 rings (SSSR count). The molecule has 0 aromatic carbocycles. The molecule has 0 spiro atoms. The van der Waals surface area contributed by atoms with Gasteiger partial charge < -0.3 is 13.3 Å². The average Bonchev–Trinajstić information content (AvgIpc) is 2.30. The molecule has 0 saturated heterocycles. The second kappa shape index (κ2) is 5.55. The minimum absolute atomic E-state index is 0.109. The summed E-state index contributed by atoms with van der Waals surface area (Å²) in [6.45, 7) is 7.19. The highest BCUT2D eigenvalue weighted by Crippen LogP contribution is 2.43. The first-order valence-corrected chi connectivity index (χ1v) is 6.52. The monoisotopic (exact) mass is 232 g/mol. The summed E-state index contributed by atoms with van der Waals surface area (Å²) in [5.74, 6) is -0.109. The van der Waals surface area contributed by atoms with Crippen LogP contribution in [0.4, 0.5) is 0 Å². The van der Waals surface area contributed by atoms with Crippen LogP contribution in [0.25, 0.3) is 0 Å². The van der Waals surface area contributed by atoms with Crippen molar-refractivity contribution in [1.82, 2.24) is 0 Å². The van der Waals surface area contributed by atoms with Crippen molar-refractivity contribution in [2.45, 2.75) is 25.3 Å². The van der Waals surface area contributed by atoms with Crippen molar-refractivity contribution < 1.29 is 18.1 Å². The predicted octanol–water partition coefficient (Wildman–Crippen LogP) is 1.79. The molecule has 0 bridgehead atoms. The van der Waals surface area contributed by atoms with Gasteiger partial charge in [0.1, 0.15) is 0 Å². The maximum absolute atomic E-state index is 11.9. The van der Waals surface area contributed by atoms with E-state index in [2.05, 4.69) is 6.58 Å². The van der Waals surface area contributed by atoms with Crippen molar-refractivity contribution in [1.29, 1.82) is 0 Å². The molecule has 0 aromatic heterocycles. The molecule has 5 heteroatoms. The van der Waals surface area contributed by atoms with Gasteiger partial charge in [0.25, 0.3) is 0 Å².